The fourth-order valence-electron chi connectivity index (χ4n) is 4.17. The minimum Gasteiger partial charge on any atom is -0.383 e. The Morgan fingerprint density at radius 2 is 1.81 bits per heavy atom. The number of aryl methyl sites for hydroxylation is 1. The first-order chi connectivity index (χ1) is 20.5. The zero-order valence-corrected chi connectivity index (χ0v) is 24.6. The molecule has 43 heavy (non-hydrogen) atoms. The summed E-state index contributed by atoms with van der Waals surface area (Å²) in [6.07, 6.45) is -1.66. The first kappa shape index (κ1) is 31.4. The summed E-state index contributed by atoms with van der Waals surface area (Å²) in [5.74, 6) is 0.205. The molecule has 0 saturated heterocycles. The summed E-state index contributed by atoms with van der Waals surface area (Å²) in [7, 11) is 6.91. The van der Waals surface area contributed by atoms with Crippen molar-refractivity contribution in [3.05, 3.63) is 65.6 Å². The van der Waals surface area contributed by atoms with Gasteiger partial charge >= 0.3 is 6.18 Å². The van der Waals surface area contributed by atoms with Crippen LogP contribution in [0.5, 0.6) is 0 Å². The number of rotatable bonds is 12. The molecule has 14 heteroatoms. The number of nitrogens with zero attached hydrogens (tertiary/aromatic N) is 6. The molecule has 0 atom stereocenters. The smallest absolute Gasteiger partial charge is 0.383 e. The number of carbonyl (C=O) groups is 1. The average Bonchev–Trinajstić information content (AvgIpc) is 2.97. The predicted molar refractivity (Wildman–Crippen MR) is 161 cm³/mol. The van der Waals surface area contributed by atoms with Gasteiger partial charge in [0.15, 0.2) is 5.82 Å². The van der Waals surface area contributed by atoms with Crippen molar-refractivity contribution in [2.45, 2.75) is 13.1 Å². The van der Waals surface area contributed by atoms with Crippen molar-refractivity contribution in [2.24, 2.45) is 0 Å². The molecule has 0 bridgehead atoms. The molecule has 2 heterocycles. The van der Waals surface area contributed by atoms with Crippen LogP contribution in [-0.2, 0) is 10.9 Å². The molecule has 2 aromatic carbocycles. The Morgan fingerprint density at radius 1 is 1.02 bits per heavy atom. The summed E-state index contributed by atoms with van der Waals surface area (Å²) >= 11 is 0. The van der Waals surface area contributed by atoms with E-state index in [9.17, 15) is 18.0 Å². The van der Waals surface area contributed by atoms with Crippen LogP contribution in [0.15, 0.2) is 48.9 Å². The summed E-state index contributed by atoms with van der Waals surface area (Å²) in [4.78, 5) is 33.9. The number of alkyl halides is 3. The lowest BCUT2D eigenvalue weighted by atomic mass is 10.1. The molecule has 11 nitrogen and oxygen atoms in total. The zero-order chi connectivity index (χ0) is 31.1. The maximum absolute atomic E-state index is 14.0. The minimum atomic E-state index is -4.60. The lowest BCUT2D eigenvalue weighted by molar-refractivity contribution is -0.137. The highest BCUT2D eigenvalue weighted by Gasteiger charge is 2.35. The minimum absolute atomic E-state index is 0.0316. The molecule has 228 valence electrons. The van der Waals surface area contributed by atoms with Crippen LogP contribution in [0.2, 0.25) is 0 Å². The van der Waals surface area contributed by atoms with Crippen molar-refractivity contribution in [2.75, 3.05) is 75.3 Å². The molecule has 0 spiro atoms. The van der Waals surface area contributed by atoms with Gasteiger partial charge in [0, 0.05) is 56.4 Å². The van der Waals surface area contributed by atoms with Crippen LogP contribution in [0, 0.1) is 6.92 Å². The van der Waals surface area contributed by atoms with Gasteiger partial charge in [0.1, 0.15) is 17.4 Å². The average molecular weight is 598 g/mol. The molecule has 0 aliphatic carbocycles. The molecule has 4 rings (SSSR count). The van der Waals surface area contributed by atoms with Crippen LogP contribution in [0.1, 0.15) is 21.5 Å². The number of nitrogens with one attached hydrogen (secondary N) is 3. The third-order valence-corrected chi connectivity index (χ3v) is 6.57. The third-order valence-electron chi connectivity index (χ3n) is 6.57. The van der Waals surface area contributed by atoms with E-state index in [1.54, 1.807) is 43.5 Å². The van der Waals surface area contributed by atoms with Crippen LogP contribution in [-0.4, -0.2) is 85.2 Å². The van der Waals surface area contributed by atoms with Crippen LogP contribution in [0.25, 0.3) is 11.0 Å². The predicted octanol–water partition coefficient (Wildman–Crippen LogP) is 4.80. The summed E-state index contributed by atoms with van der Waals surface area (Å²) in [5, 5.41) is 8.87. The number of hydrogen-bond donors (Lipinski definition) is 3. The van der Waals surface area contributed by atoms with Crippen molar-refractivity contribution in [3.63, 3.8) is 0 Å². The van der Waals surface area contributed by atoms with Crippen molar-refractivity contribution in [1.82, 2.24) is 24.8 Å². The number of likely N-dealkylation sites (N-methyl/N-ethyl adjacent to an activating group) is 2. The fraction of sp³-hybridized carbons (Fsp3) is 0.345. The van der Waals surface area contributed by atoms with Crippen LogP contribution < -0.4 is 20.9 Å². The second kappa shape index (κ2) is 13.6. The molecule has 0 aliphatic rings. The molecule has 1 amide bonds. The maximum atomic E-state index is 14.0. The molecule has 0 radical (unpaired) electrons. The molecule has 2 aromatic heterocycles. The van der Waals surface area contributed by atoms with Crippen LogP contribution >= 0.6 is 0 Å². The largest absolute Gasteiger partial charge is 0.418 e. The van der Waals surface area contributed by atoms with Crippen LogP contribution in [0.3, 0.4) is 0 Å². The van der Waals surface area contributed by atoms with Gasteiger partial charge in [-0.05, 0) is 56.9 Å². The van der Waals surface area contributed by atoms with E-state index in [4.69, 9.17) is 4.74 Å². The number of halogens is 3. The van der Waals surface area contributed by atoms with Gasteiger partial charge in [-0.1, -0.05) is 6.07 Å². The number of aromatic nitrogens is 4. The normalized spacial score (nSPS) is 11.6. The van der Waals surface area contributed by atoms with Gasteiger partial charge in [0.2, 0.25) is 5.95 Å². The first-order valence-electron chi connectivity index (χ1n) is 13.4. The monoisotopic (exact) mass is 597 g/mol. The fourth-order valence-corrected chi connectivity index (χ4v) is 4.17. The van der Waals surface area contributed by atoms with Crippen molar-refractivity contribution >= 4 is 45.8 Å². The van der Waals surface area contributed by atoms with Gasteiger partial charge in [-0.2, -0.15) is 13.2 Å². The van der Waals surface area contributed by atoms with Crippen LogP contribution in [0.4, 0.5) is 42.0 Å². The number of methoxy groups -OCH3 is 1. The van der Waals surface area contributed by atoms with Gasteiger partial charge in [-0.15, -0.1) is 0 Å². The van der Waals surface area contributed by atoms with E-state index in [1.807, 2.05) is 25.9 Å². The number of amides is 1. The van der Waals surface area contributed by atoms with E-state index in [0.717, 1.165) is 11.6 Å². The Kier molecular flexibility index (Phi) is 9.93. The Balaban J connectivity index is 1.56. The molecule has 0 unspecified atom stereocenters. The number of carbonyl (C=O) groups excluding carboxylic acids is 1. The topological polar surface area (TPSA) is 120 Å². The number of hydrogen-bond acceptors (Lipinski definition) is 10. The maximum Gasteiger partial charge on any atom is 0.418 e. The quantitative estimate of drug-likeness (QED) is 0.197. The number of fused-ring (bicyclic) bond motifs is 1. The molecular formula is C29H34F3N9O2. The van der Waals surface area contributed by atoms with Gasteiger partial charge in [0.05, 0.1) is 18.4 Å². The third kappa shape index (κ3) is 8.05. The summed E-state index contributed by atoms with van der Waals surface area (Å²) in [6, 6.07) is 8.73. The number of benzene rings is 2. The zero-order valence-electron chi connectivity index (χ0n) is 24.6. The van der Waals surface area contributed by atoms with Gasteiger partial charge in [-0.25, -0.2) is 19.9 Å². The second-order valence-electron chi connectivity index (χ2n) is 10.1. The molecular weight excluding hydrogens is 563 g/mol. The van der Waals surface area contributed by atoms with Gasteiger partial charge < -0.3 is 30.5 Å². The number of ether oxygens (including phenoxy) is 1. The van der Waals surface area contributed by atoms with E-state index < -0.39 is 17.6 Å². The van der Waals surface area contributed by atoms with E-state index in [0.29, 0.717) is 54.7 Å². The van der Waals surface area contributed by atoms with Crippen molar-refractivity contribution in [3.8, 4) is 0 Å². The Bertz CT molecular complexity index is 1580. The molecule has 0 aliphatic heterocycles. The van der Waals surface area contributed by atoms with E-state index >= 15 is 0 Å². The lowest BCUT2D eigenvalue weighted by Crippen LogP contribution is -2.30. The van der Waals surface area contributed by atoms with E-state index in [-0.39, 0.29) is 16.9 Å². The summed E-state index contributed by atoms with van der Waals surface area (Å²) < 4.78 is 47.0. The highest BCUT2D eigenvalue weighted by molar-refractivity contribution is 6.05. The first-order valence-corrected chi connectivity index (χ1v) is 13.4. The highest BCUT2D eigenvalue weighted by atomic mass is 19.4. The Labute approximate surface area is 247 Å². The van der Waals surface area contributed by atoms with E-state index in [2.05, 4.69) is 35.9 Å². The number of anilines is 5. The standard InChI is InChI=1S/C29H34F3N9O2/c1-18-6-7-19(14-22(18)38-26-25-23(35-17-36-26)16-34-28(39-25)33-10-13-43-5)27(42)37-20-8-9-24(21(15-20)29(30,31)32)41(4)12-11-40(2)3/h6-9,14-17H,10-13H2,1-5H3,(H,37,42)(H,33,34,39)(H,35,36,38). The molecule has 0 saturated carbocycles. The Hall–Kier alpha value is -4.56. The molecule has 4 aromatic rings. The van der Waals surface area contributed by atoms with Gasteiger partial charge in [-0.3, -0.25) is 4.79 Å². The van der Waals surface area contributed by atoms with Gasteiger partial charge in [0.25, 0.3) is 5.91 Å². The SMILES string of the molecule is COCCNc1ncc2ncnc(Nc3cc(C(=O)Nc4ccc(N(C)CCN(C)C)c(C(F)(F)F)c4)ccc3C)c2n1. The molecule has 0 fully saturated rings. The summed E-state index contributed by atoms with van der Waals surface area (Å²) in [5.41, 5.74) is 1.82. The van der Waals surface area contributed by atoms with Crippen molar-refractivity contribution < 1.29 is 22.7 Å². The van der Waals surface area contributed by atoms with Crippen molar-refractivity contribution in [1.29, 1.82) is 0 Å². The Morgan fingerprint density at radius 3 is 2.53 bits per heavy atom. The molecule has 3 N–H and O–H groups in total. The lowest BCUT2D eigenvalue weighted by Gasteiger charge is -2.25. The van der Waals surface area contributed by atoms with E-state index in [1.165, 1.54) is 18.5 Å². The highest BCUT2D eigenvalue weighted by Crippen LogP contribution is 2.38. The summed E-state index contributed by atoms with van der Waals surface area (Å²) in [6.45, 7) is 3.82. The second-order valence-corrected chi connectivity index (χ2v) is 10.1.